The molecule has 0 aliphatic carbocycles. The van der Waals surface area contributed by atoms with Crippen molar-refractivity contribution in [2.75, 3.05) is 6.61 Å². The van der Waals surface area contributed by atoms with Crippen LogP contribution in [0.4, 0.5) is 0 Å². The fraction of sp³-hybridized carbons (Fsp3) is 0.120. The summed E-state index contributed by atoms with van der Waals surface area (Å²) < 4.78 is 5.49. The maximum absolute atomic E-state index is 11.8. The van der Waals surface area contributed by atoms with Crippen LogP contribution in [0.25, 0.3) is 33.3 Å². The SMILES string of the molecule is CCOc1ccc(-c2ccc(-c3cc(C(=O)O)c4cc(C)ccc4n3)cc2)cc1. The number of fused-ring (bicyclic) bond motifs is 1. The summed E-state index contributed by atoms with van der Waals surface area (Å²) in [5.41, 5.74) is 5.65. The van der Waals surface area contributed by atoms with Crippen molar-refractivity contribution in [1.29, 1.82) is 0 Å². The first-order valence-corrected chi connectivity index (χ1v) is 9.53. The van der Waals surface area contributed by atoms with Crippen molar-refractivity contribution in [3.63, 3.8) is 0 Å². The van der Waals surface area contributed by atoms with Gasteiger partial charge in [0.15, 0.2) is 0 Å². The summed E-state index contributed by atoms with van der Waals surface area (Å²) in [6.45, 7) is 4.55. The lowest BCUT2D eigenvalue weighted by atomic mass is 10.00. The third-order valence-electron chi connectivity index (χ3n) is 4.87. The van der Waals surface area contributed by atoms with Gasteiger partial charge < -0.3 is 9.84 Å². The van der Waals surface area contributed by atoms with Crippen LogP contribution in [0.15, 0.2) is 72.8 Å². The molecule has 29 heavy (non-hydrogen) atoms. The van der Waals surface area contributed by atoms with E-state index in [1.165, 1.54) is 0 Å². The molecule has 4 aromatic rings. The molecule has 0 saturated heterocycles. The Kier molecular flexibility index (Phi) is 5.00. The minimum atomic E-state index is -0.949. The molecule has 3 aromatic carbocycles. The first kappa shape index (κ1) is 18.7. The number of aromatic carboxylic acids is 1. The molecule has 0 bridgehead atoms. The summed E-state index contributed by atoms with van der Waals surface area (Å²) in [6.07, 6.45) is 0. The summed E-state index contributed by atoms with van der Waals surface area (Å²) in [6, 6.07) is 23.3. The van der Waals surface area contributed by atoms with Gasteiger partial charge in [0.2, 0.25) is 0 Å². The van der Waals surface area contributed by atoms with Crippen molar-refractivity contribution in [2.24, 2.45) is 0 Å². The molecule has 0 radical (unpaired) electrons. The quantitative estimate of drug-likeness (QED) is 0.461. The van der Waals surface area contributed by atoms with E-state index in [0.29, 0.717) is 23.2 Å². The summed E-state index contributed by atoms with van der Waals surface area (Å²) in [7, 11) is 0. The number of nitrogens with zero attached hydrogens (tertiary/aromatic N) is 1. The van der Waals surface area contributed by atoms with Gasteiger partial charge in [-0.15, -0.1) is 0 Å². The number of aryl methyl sites for hydroxylation is 1. The van der Waals surface area contributed by atoms with E-state index in [1.54, 1.807) is 6.07 Å². The highest BCUT2D eigenvalue weighted by atomic mass is 16.5. The average molecular weight is 383 g/mol. The molecule has 0 aliphatic rings. The number of rotatable bonds is 5. The molecular weight excluding hydrogens is 362 g/mol. The molecule has 4 nitrogen and oxygen atoms in total. The number of pyridine rings is 1. The summed E-state index contributed by atoms with van der Waals surface area (Å²) in [5, 5.41) is 10.3. The van der Waals surface area contributed by atoms with Crippen LogP contribution in [-0.4, -0.2) is 22.7 Å². The van der Waals surface area contributed by atoms with Crippen LogP contribution >= 0.6 is 0 Å². The van der Waals surface area contributed by atoms with E-state index in [2.05, 4.69) is 4.98 Å². The average Bonchev–Trinajstić information content (AvgIpc) is 2.74. The van der Waals surface area contributed by atoms with Gasteiger partial charge in [-0.05, 0) is 55.3 Å². The lowest BCUT2D eigenvalue weighted by Gasteiger charge is -2.09. The van der Waals surface area contributed by atoms with Gasteiger partial charge in [-0.25, -0.2) is 9.78 Å². The Morgan fingerprint density at radius 2 is 1.52 bits per heavy atom. The molecule has 4 heteroatoms. The number of carbonyl (C=O) groups is 1. The minimum Gasteiger partial charge on any atom is -0.494 e. The lowest BCUT2D eigenvalue weighted by molar-refractivity contribution is 0.0699. The molecule has 0 spiro atoms. The Balaban J connectivity index is 1.71. The van der Waals surface area contributed by atoms with Crippen LogP contribution < -0.4 is 4.74 Å². The fourth-order valence-electron chi connectivity index (χ4n) is 3.41. The van der Waals surface area contributed by atoms with Crippen LogP contribution in [0.2, 0.25) is 0 Å². The van der Waals surface area contributed by atoms with Crippen molar-refractivity contribution < 1.29 is 14.6 Å². The van der Waals surface area contributed by atoms with Gasteiger partial charge in [-0.2, -0.15) is 0 Å². The van der Waals surface area contributed by atoms with Crippen molar-refractivity contribution >= 4 is 16.9 Å². The molecular formula is C25H21NO3. The van der Waals surface area contributed by atoms with Gasteiger partial charge in [0.25, 0.3) is 0 Å². The molecule has 4 rings (SSSR count). The van der Waals surface area contributed by atoms with E-state index >= 15 is 0 Å². The smallest absolute Gasteiger partial charge is 0.336 e. The van der Waals surface area contributed by atoms with Gasteiger partial charge in [-0.3, -0.25) is 0 Å². The van der Waals surface area contributed by atoms with E-state index in [4.69, 9.17) is 4.74 Å². The first-order valence-electron chi connectivity index (χ1n) is 9.53. The Hall–Kier alpha value is -3.66. The zero-order valence-corrected chi connectivity index (χ0v) is 16.3. The van der Waals surface area contributed by atoms with E-state index < -0.39 is 5.97 Å². The Labute approximate surface area is 169 Å². The molecule has 144 valence electrons. The molecule has 0 unspecified atom stereocenters. The van der Waals surface area contributed by atoms with Crippen LogP contribution in [0.5, 0.6) is 5.75 Å². The molecule has 0 atom stereocenters. The largest absolute Gasteiger partial charge is 0.494 e. The van der Waals surface area contributed by atoms with E-state index in [0.717, 1.165) is 28.0 Å². The predicted octanol–water partition coefficient (Wildman–Crippen LogP) is 5.97. The van der Waals surface area contributed by atoms with Gasteiger partial charge in [-0.1, -0.05) is 48.0 Å². The first-order chi connectivity index (χ1) is 14.0. The van der Waals surface area contributed by atoms with Crippen molar-refractivity contribution in [3.8, 4) is 28.1 Å². The van der Waals surface area contributed by atoms with Gasteiger partial charge in [0, 0.05) is 10.9 Å². The number of ether oxygens (including phenoxy) is 1. The molecule has 1 N–H and O–H groups in total. The number of carboxylic acid groups (broad SMARTS) is 1. The predicted molar refractivity (Wildman–Crippen MR) is 115 cm³/mol. The molecule has 0 amide bonds. The standard InChI is InChI=1S/C25H21NO3/c1-3-29-20-11-9-18(10-12-20)17-5-7-19(8-6-17)24-15-22(25(27)28)21-14-16(2)4-13-23(21)26-24/h4-15H,3H2,1-2H3,(H,27,28). The van der Waals surface area contributed by atoms with Crippen LogP contribution in [-0.2, 0) is 0 Å². The summed E-state index contributed by atoms with van der Waals surface area (Å²) in [4.78, 5) is 16.5. The van der Waals surface area contributed by atoms with Crippen molar-refractivity contribution in [1.82, 2.24) is 4.98 Å². The fourth-order valence-corrected chi connectivity index (χ4v) is 3.41. The Bertz CT molecular complexity index is 1180. The maximum Gasteiger partial charge on any atom is 0.336 e. The van der Waals surface area contributed by atoms with Crippen LogP contribution in [0.1, 0.15) is 22.8 Å². The number of hydrogen-bond acceptors (Lipinski definition) is 3. The maximum atomic E-state index is 11.8. The molecule has 0 saturated carbocycles. The van der Waals surface area contributed by atoms with Crippen LogP contribution in [0.3, 0.4) is 0 Å². The highest BCUT2D eigenvalue weighted by Gasteiger charge is 2.13. The zero-order chi connectivity index (χ0) is 20.4. The Morgan fingerprint density at radius 1 is 0.897 bits per heavy atom. The van der Waals surface area contributed by atoms with Crippen molar-refractivity contribution in [2.45, 2.75) is 13.8 Å². The van der Waals surface area contributed by atoms with Gasteiger partial charge in [0.05, 0.1) is 23.4 Å². The Morgan fingerprint density at radius 3 is 2.14 bits per heavy atom. The van der Waals surface area contributed by atoms with E-state index in [9.17, 15) is 9.90 Å². The third kappa shape index (κ3) is 3.83. The summed E-state index contributed by atoms with van der Waals surface area (Å²) >= 11 is 0. The summed E-state index contributed by atoms with van der Waals surface area (Å²) in [5.74, 6) is -0.0973. The van der Waals surface area contributed by atoms with Crippen LogP contribution in [0, 0.1) is 6.92 Å². The van der Waals surface area contributed by atoms with E-state index in [1.807, 2.05) is 80.6 Å². The number of aromatic nitrogens is 1. The van der Waals surface area contributed by atoms with Crippen molar-refractivity contribution in [3.05, 3.63) is 83.9 Å². The molecule has 0 aliphatic heterocycles. The molecule has 0 fully saturated rings. The topological polar surface area (TPSA) is 59.4 Å². The zero-order valence-electron chi connectivity index (χ0n) is 16.3. The van der Waals surface area contributed by atoms with E-state index in [-0.39, 0.29) is 5.56 Å². The minimum absolute atomic E-state index is 0.268. The number of carboxylic acids is 1. The second-order valence-electron chi connectivity index (χ2n) is 6.92. The lowest BCUT2D eigenvalue weighted by Crippen LogP contribution is -2.00. The third-order valence-corrected chi connectivity index (χ3v) is 4.87. The highest BCUT2D eigenvalue weighted by Crippen LogP contribution is 2.28. The second-order valence-corrected chi connectivity index (χ2v) is 6.92. The normalized spacial score (nSPS) is 10.8. The molecule has 1 aromatic heterocycles. The second kappa shape index (κ2) is 7.76. The number of benzene rings is 3. The molecule has 1 heterocycles. The monoisotopic (exact) mass is 383 g/mol. The van der Waals surface area contributed by atoms with Gasteiger partial charge in [0.1, 0.15) is 5.75 Å². The highest BCUT2D eigenvalue weighted by molar-refractivity contribution is 6.04. The number of hydrogen-bond donors (Lipinski definition) is 1. The van der Waals surface area contributed by atoms with Gasteiger partial charge >= 0.3 is 5.97 Å².